The van der Waals surface area contributed by atoms with E-state index in [1.807, 2.05) is 5.16 Å². The van der Waals surface area contributed by atoms with Crippen LogP contribution in [0.15, 0.2) is 29.7 Å². The van der Waals surface area contributed by atoms with Crippen molar-refractivity contribution in [3.63, 3.8) is 0 Å². The van der Waals surface area contributed by atoms with Crippen LogP contribution in [0.5, 0.6) is 0 Å². The highest BCUT2D eigenvalue weighted by molar-refractivity contribution is 6.48. The molecule has 0 fully saturated rings. The first-order valence-electron chi connectivity index (χ1n) is 4.40. The molecule has 3 N–H and O–H groups in total. The van der Waals surface area contributed by atoms with Crippen LogP contribution in [-0.4, -0.2) is 43.9 Å². The zero-order chi connectivity index (χ0) is 14.0. The topological polar surface area (TPSA) is 103 Å². The standard InChI is InChI=1S/C9H7F3N2O4/c10-9(11,12)8(16,17)7(14-18)6(15)5-1-3-13-4-2-5/h1-4,16-18H/b14-7+. The van der Waals surface area contributed by atoms with Crippen LogP contribution >= 0.6 is 0 Å². The average Bonchev–Trinajstić information content (AvgIpc) is 2.29. The van der Waals surface area contributed by atoms with Crippen LogP contribution in [0.1, 0.15) is 10.4 Å². The predicted molar refractivity (Wildman–Crippen MR) is 51.0 cm³/mol. The van der Waals surface area contributed by atoms with Gasteiger partial charge in [-0.3, -0.25) is 9.78 Å². The average molecular weight is 264 g/mol. The molecule has 1 heterocycles. The molecule has 98 valence electrons. The molecule has 18 heavy (non-hydrogen) atoms. The molecule has 6 nitrogen and oxygen atoms in total. The lowest BCUT2D eigenvalue weighted by atomic mass is 10.0. The zero-order valence-corrected chi connectivity index (χ0v) is 8.59. The van der Waals surface area contributed by atoms with Crippen molar-refractivity contribution in [2.24, 2.45) is 5.16 Å². The van der Waals surface area contributed by atoms with Crippen molar-refractivity contribution in [1.82, 2.24) is 4.98 Å². The molecule has 0 radical (unpaired) electrons. The van der Waals surface area contributed by atoms with Crippen LogP contribution < -0.4 is 0 Å². The maximum atomic E-state index is 12.3. The number of aromatic nitrogens is 1. The molecule has 1 rings (SSSR count). The summed E-state index contributed by atoms with van der Waals surface area (Å²) in [5.41, 5.74) is -2.18. The van der Waals surface area contributed by atoms with E-state index in [0.717, 1.165) is 24.5 Å². The van der Waals surface area contributed by atoms with E-state index in [-0.39, 0.29) is 5.56 Å². The number of pyridine rings is 1. The normalized spacial score (nSPS) is 13.5. The minimum Gasteiger partial charge on any atom is -0.410 e. The lowest BCUT2D eigenvalue weighted by Gasteiger charge is -2.24. The van der Waals surface area contributed by atoms with Crippen molar-refractivity contribution in [1.29, 1.82) is 0 Å². The van der Waals surface area contributed by atoms with Crippen LogP contribution in [0.2, 0.25) is 0 Å². The number of carbonyl (C=O) groups is 1. The van der Waals surface area contributed by atoms with Gasteiger partial charge < -0.3 is 15.4 Å². The highest BCUT2D eigenvalue weighted by Crippen LogP contribution is 2.30. The summed E-state index contributed by atoms with van der Waals surface area (Å²) in [5.74, 6) is -6.02. The molecule has 1 aromatic rings. The van der Waals surface area contributed by atoms with Gasteiger partial charge >= 0.3 is 12.0 Å². The van der Waals surface area contributed by atoms with E-state index in [4.69, 9.17) is 15.4 Å². The lowest BCUT2D eigenvalue weighted by molar-refractivity contribution is -0.311. The van der Waals surface area contributed by atoms with E-state index in [1.165, 1.54) is 0 Å². The molecular weight excluding hydrogens is 257 g/mol. The Balaban J connectivity index is 3.18. The van der Waals surface area contributed by atoms with Crippen LogP contribution in [0.3, 0.4) is 0 Å². The maximum absolute atomic E-state index is 12.3. The first kappa shape index (κ1) is 14.1. The van der Waals surface area contributed by atoms with Gasteiger partial charge in [0.05, 0.1) is 0 Å². The molecule has 0 atom stereocenters. The van der Waals surface area contributed by atoms with E-state index in [2.05, 4.69) is 4.98 Å². The molecule has 0 aliphatic carbocycles. The zero-order valence-electron chi connectivity index (χ0n) is 8.59. The van der Waals surface area contributed by atoms with Gasteiger partial charge in [0, 0.05) is 18.0 Å². The van der Waals surface area contributed by atoms with Crippen molar-refractivity contribution in [2.75, 3.05) is 0 Å². The molecule has 0 spiro atoms. The molecule has 0 saturated heterocycles. The Kier molecular flexibility index (Phi) is 3.67. The Morgan fingerprint density at radius 1 is 1.22 bits per heavy atom. The smallest absolute Gasteiger partial charge is 0.410 e. The van der Waals surface area contributed by atoms with Crippen molar-refractivity contribution in [3.8, 4) is 0 Å². The second-order valence-electron chi connectivity index (χ2n) is 3.18. The molecule has 0 aliphatic rings. The lowest BCUT2D eigenvalue weighted by Crippen LogP contribution is -2.54. The van der Waals surface area contributed by atoms with Crippen LogP contribution in [0, 0.1) is 0 Å². The number of carbonyl (C=O) groups excluding carboxylic acids is 1. The predicted octanol–water partition coefficient (Wildman–Crippen LogP) is 0.338. The number of halogens is 3. The highest BCUT2D eigenvalue weighted by atomic mass is 19.4. The number of hydrogen-bond donors (Lipinski definition) is 3. The Morgan fingerprint density at radius 3 is 2.11 bits per heavy atom. The first-order chi connectivity index (χ1) is 8.21. The first-order valence-corrected chi connectivity index (χ1v) is 4.40. The summed E-state index contributed by atoms with van der Waals surface area (Å²) in [6.07, 6.45) is -3.38. The number of oxime groups is 1. The van der Waals surface area contributed by atoms with Gasteiger partial charge in [-0.1, -0.05) is 5.16 Å². The molecule has 0 saturated carbocycles. The maximum Gasteiger partial charge on any atom is 0.449 e. The number of hydrogen-bond acceptors (Lipinski definition) is 6. The fourth-order valence-corrected chi connectivity index (χ4v) is 1.05. The molecule has 0 aromatic carbocycles. The van der Waals surface area contributed by atoms with E-state index in [1.54, 1.807) is 0 Å². The van der Waals surface area contributed by atoms with Crippen molar-refractivity contribution in [3.05, 3.63) is 30.1 Å². The van der Waals surface area contributed by atoms with Crippen molar-refractivity contribution < 1.29 is 33.4 Å². The van der Waals surface area contributed by atoms with Gasteiger partial charge in [0.1, 0.15) is 0 Å². The second kappa shape index (κ2) is 4.70. The van der Waals surface area contributed by atoms with Crippen LogP contribution in [0.25, 0.3) is 0 Å². The van der Waals surface area contributed by atoms with E-state index in [9.17, 15) is 18.0 Å². The minimum absolute atomic E-state index is 0.338. The summed E-state index contributed by atoms with van der Waals surface area (Å²) in [4.78, 5) is 15.1. The number of aliphatic hydroxyl groups is 2. The third kappa shape index (κ3) is 2.46. The Morgan fingerprint density at radius 2 is 1.72 bits per heavy atom. The van der Waals surface area contributed by atoms with Gasteiger partial charge in [-0.15, -0.1) is 0 Å². The Labute approximate surface area is 98.0 Å². The third-order valence-corrected chi connectivity index (χ3v) is 1.98. The van der Waals surface area contributed by atoms with Gasteiger partial charge in [0.25, 0.3) is 0 Å². The van der Waals surface area contributed by atoms with Crippen LogP contribution in [-0.2, 0) is 0 Å². The van der Waals surface area contributed by atoms with Gasteiger partial charge in [-0.2, -0.15) is 13.2 Å². The highest BCUT2D eigenvalue weighted by Gasteiger charge is 2.59. The molecule has 0 aliphatic heterocycles. The summed E-state index contributed by atoms with van der Waals surface area (Å²) in [6.45, 7) is 0. The van der Waals surface area contributed by atoms with E-state index < -0.39 is 23.5 Å². The third-order valence-electron chi connectivity index (χ3n) is 1.98. The molecule has 0 unspecified atom stereocenters. The molecule has 0 bridgehead atoms. The number of ketones is 1. The summed E-state index contributed by atoms with van der Waals surface area (Å²) < 4.78 is 36.9. The van der Waals surface area contributed by atoms with E-state index >= 15 is 0 Å². The Hall–Kier alpha value is -2.00. The quantitative estimate of drug-likeness (QED) is 0.240. The van der Waals surface area contributed by atoms with Crippen molar-refractivity contribution in [2.45, 2.75) is 12.0 Å². The largest absolute Gasteiger partial charge is 0.449 e. The summed E-state index contributed by atoms with van der Waals surface area (Å²) >= 11 is 0. The second-order valence-corrected chi connectivity index (χ2v) is 3.18. The van der Waals surface area contributed by atoms with Gasteiger partial charge in [-0.25, -0.2) is 0 Å². The molecular formula is C9H7F3N2O4. The van der Waals surface area contributed by atoms with Gasteiger partial charge in [0.2, 0.25) is 5.78 Å². The van der Waals surface area contributed by atoms with Crippen molar-refractivity contribution >= 4 is 11.5 Å². The summed E-state index contributed by atoms with van der Waals surface area (Å²) in [6, 6.07) is 2.06. The summed E-state index contributed by atoms with van der Waals surface area (Å²) in [7, 11) is 0. The number of nitrogens with zero attached hydrogens (tertiary/aromatic N) is 2. The monoisotopic (exact) mass is 264 g/mol. The minimum atomic E-state index is -5.59. The fourth-order valence-electron chi connectivity index (χ4n) is 1.05. The van der Waals surface area contributed by atoms with E-state index in [0.29, 0.717) is 0 Å². The number of alkyl halides is 3. The summed E-state index contributed by atoms with van der Waals surface area (Å²) in [5, 5.41) is 28.1. The van der Waals surface area contributed by atoms with Gasteiger partial charge in [0.15, 0.2) is 5.71 Å². The molecule has 9 heteroatoms. The Bertz CT molecular complexity index is 470. The molecule has 1 aromatic heterocycles. The number of rotatable bonds is 3. The van der Waals surface area contributed by atoms with Crippen LogP contribution in [0.4, 0.5) is 13.2 Å². The fraction of sp³-hybridized carbons (Fsp3) is 0.222. The molecule has 0 amide bonds. The number of Topliss-reactive ketones (excluding diaryl/α,β-unsaturated/α-hetero) is 1. The SMILES string of the molecule is O=C(/C(=N\O)C(O)(O)C(F)(F)F)c1ccncc1. The van der Waals surface area contributed by atoms with Gasteiger partial charge in [-0.05, 0) is 12.1 Å².